The first-order chi connectivity index (χ1) is 12.1. The molecule has 0 saturated heterocycles. The van der Waals surface area contributed by atoms with Crippen LogP contribution < -0.4 is 5.73 Å². The van der Waals surface area contributed by atoms with E-state index < -0.39 is 0 Å². The van der Waals surface area contributed by atoms with Crippen LogP contribution in [-0.4, -0.2) is 19.5 Å². The molecular weight excluding hydrogens is 312 g/mol. The lowest BCUT2D eigenvalue weighted by molar-refractivity contribution is 0.929. The summed E-state index contributed by atoms with van der Waals surface area (Å²) in [4.78, 5) is 12.7. The quantitative estimate of drug-likeness (QED) is 0.792. The van der Waals surface area contributed by atoms with Crippen molar-refractivity contribution < 1.29 is 0 Å². The van der Waals surface area contributed by atoms with Gasteiger partial charge >= 0.3 is 0 Å². The number of nitrogens with zero attached hydrogens (tertiary/aromatic N) is 5. The minimum absolute atomic E-state index is 0.180. The van der Waals surface area contributed by atoms with Crippen molar-refractivity contribution in [2.24, 2.45) is 0 Å². The molecule has 2 N–H and O–H groups in total. The monoisotopic (exact) mass is 330 g/mol. The maximum Gasteiger partial charge on any atom is 0.221 e. The van der Waals surface area contributed by atoms with E-state index in [0.29, 0.717) is 5.82 Å². The number of hydrogen-bond acceptors (Lipinski definition) is 5. The first kappa shape index (κ1) is 16.4. The van der Waals surface area contributed by atoms with Gasteiger partial charge < -0.3 is 5.73 Å². The molecule has 124 valence electrons. The molecule has 0 aliphatic carbocycles. The number of benzene rings is 1. The number of imidazole rings is 1. The van der Waals surface area contributed by atoms with Gasteiger partial charge in [-0.3, -0.25) is 4.57 Å². The van der Waals surface area contributed by atoms with Gasteiger partial charge in [0, 0.05) is 11.8 Å². The van der Waals surface area contributed by atoms with Crippen molar-refractivity contribution in [2.45, 2.75) is 20.3 Å². The number of nitrogens with two attached hydrogens (primary N) is 1. The molecule has 2 aromatic heterocycles. The van der Waals surface area contributed by atoms with E-state index in [-0.39, 0.29) is 12.4 Å². The predicted octanol–water partition coefficient (Wildman–Crippen LogP) is 3.32. The molecule has 0 radical (unpaired) electrons. The van der Waals surface area contributed by atoms with Crippen LogP contribution in [0.5, 0.6) is 0 Å². The number of anilines is 1. The Morgan fingerprint density at radius 2 is 2.12 bits per heavy atom. The van der Waals surface area contributed by atoms with Crippen LogP contribution in [0.1, 0.15) is 23.7 Å². The van der Waals surface area contributed by atoms with Gasteiger partial charge in [0.2, 0.25) is 5.95 Å². The van der Waals surface area contributed by atoms with Crippen molar-refractivity contribution in [3.05, 3.63) is 59.6 Å². The van der Waals surface area contributed by atoms with Crippen LogP contribution in [-0.2, 0) is 6.42 Å². The lowest BCUT2D eigenvalue weighted by atomic mass is 10.0. The van der Waals surface area contributed by atoms with Crippen molar-refractivity contribution in [3.63, 3.8) is 0 Å². The van der Waals surface area contributed by atoms with Gasteiger partial charge in [-0.25, -0.2) is 9.97 Å². The van der Waals surface area contributed by atoms with Gasteiger partial charge in [0.15, 0.2) is 0 Å². The summed E-state index contributed by atoms with van der Waals surface area (Å²) < 4.78 is 1.85. The van der Waals surface area contributed by atoms with E-state index in [1.54, 1.807) is 18.5 Å². The Bertz CT molecular complexity index is 978. The van der Waals surface area contributed by atoms with Crippen molar-refractivity contribution in [1.29, 1.82) is 5.26 Å². The number of aryl methyl sites for hydroxylation is 1. The fourth-order valence-corrected chi connectivity index (χ4v) is 2.72. The van der Waals surface area contributed by atoms with Crippen molar-refractivity contribution in [3.8, 4) is 23.3 Å². The molecule has 2 heterocycles. The van der Waals surface area contributed by atoms with Gasteiger partial charge in [-0.2, -0.15) is 10.2 Å². The highest BCUT2D eigenvalue weighted by Gasteiger charge is 2.15. The average molecular weight is 330 g/mol. The van der Waals surface area contributed by atoms with Gasteiger partial charge in [-0.05, 0) is 37.1 Å². The normalized spacial score (nSPS) is 10.9. The average Bonchev–Trinajstić information content (AvgIpc) is 3.01. The van der Waals surface area contributed by atoms with Gasteiger partial charge in [0.05, 0.1) is 24.4 Å². The van der Waals surface area contributed by atoms with Crippen LogP contribution >= 0.6 is 0 Å². The van der Waals surface area contributed by atoms with Gasteiger partial charge in [-0.15, -0.1) is 0 Å². The fourth-order valence-electron chi connectivity index (χ4n) is 2.72. The molecule has 25 heavy (non-hydrogen) atoms. The lowest BCUT2D eigenvalue weighted by Crippen LogP contribution is -2.07. The van der Waals surface area contributed by atoms with Crippen LogP contribution in [0.3, 0.4) is 0 Å². The smallest absolute Gasteiger partial charge is 0.221 e. The molecule has 0 bridgehead atoms. The van der Waals surface area contributed by atoms with Gasteiger partial charge in [0.25, 0.3) is 0 Å². The van der Waals surface area contributed by atoms with Crippen LogP contribution in [0.2, 0.25) is 0 Å². The number of allylic oxidation sites excluding steroid dienone is 1. The van der Waals surface area contributed by atoms with Gasteiger partial charge in [0.1, 0.15) is 11.6 Å². The molecule has 0 saturated carbocycles. The Kier molecular flexibility index (Phi) is 4.57. The zero-order chi connectivity index (χ0) is 17.8. The first-order valence-electron chi connectivity index (χ1n) is 7.90. The summed E-state index contributed by atoms with van der Waals surface area (Å²) >= 11 is 0. The summed E-state index contributed by atoms with van der Waals surface area (Å²) in [6.07, 6.45) is 7.60. The Hall–Kier alpha value is -3.46. The molecule has 0 amide bonds. The second-order valence-electron chi connectivity index (χ2n) is 5.59. The standard InChI is InChI=1S/C19H18N6/c1-3-4-14-5-6-15(11-13(14)2)18-23-12-16(7-9-20)25(18)17-8-10-22-19(21)24-17/h3-6,8,10-12H,7H2,1-2H3,(H2,21,22,24)/b4-3-. The van der Waals surface area contributed by atoms with Gasteiger partial charge in [-0.1, -0.05) is 24.3 Å². The topological polar surface area (TPSA) is 93.4 Å². The third kappa shape index (κ3) is 3.26. The number of rotatable bonds is 4. The fraction of sp³-hybridized carbons (Fsp3) is 0.158. The van der Waals surface area contributed by atoms with Crippen molar-refractivity contribution in [1.82, 2.24) is 19.5 Å². The molecule has 0 aliphatic rings. The summed E-state index contributed by atoms with van der Waals surface area (Å²) in [5, 5.41) is 9.11. The summed E-state index contributed by atoms with van der Waals surface area (Å²) in [7, 11) is 0. The second kappa shape index (κ2) is 6.97. The maximum absolute atomic E-state index is 9.11. The highest BCUT2D eigenvalue weighted by Crippen LogP contribution is 2.26. The maximum atomic E-state index is 9.11. The van der Waals surface area contributed by atoms with E-state index >= 15 is 0 Å². The minimum atomic E-state index is 0.180. The Labute approximate surface area is 146 Å². The molecule has 6 heteroatoms. The minimum Gasteiger partial charge on any atom is -0.368 e. The molecule has 3 rings (SSSR count). The Morgan fingerprint density at radius 1 is 1.28 bits per heavy atom. The van der Waals surface area contributed by atoms with E-state index in [1.807, 2.05) is 23.6 Å². The largest absolute Gasteiger partial charge is 0.368 e. The van der Waals surface area contributed by atoms with E-state index in [2.05, 4.69) is 46.2 Å². The summed E-state index contributed by atoms with van der Waals surface area (Å²) in [6.45, 7) is 4.05. The van der Waals surface area contributed by atoms with E-state index in [9.17, 15) is 0 Å². The van der Waals surface area contributed by atoms with E-state index in [4.69, 9.17) is 11.0 Å². The number of aromatic nitrogens is 4. The molecule has 1 aromatic carbocycles. The number of hydrogen-bond donors (Lipinski definition) is 1. The van der Waals surface area contributed by atoms with Crippen LogP contribution in [0.25, 0.3) is 23.3 Å². The summed E-state index contributed by atoms with van der Waals surface area (Å²) in [5.74, 6) is 1.50. The third-order valence-corrected chi connectivity index (χ3v) is 3.86. The Morgan fingerprint density at radius 3 is 2.80 bits per heavy atom. The number of nitriles is 1. The van der Waals surface area contributed by atoms with Crippen molar-refractivity contribution in [2.75, 3.05) is 5.73 Å². The van der Waals surface area contributed by atoms with E-state index in [0.717, 1.165) is 28.2 Å². The SMILES string of the molecule is C/C=C\c1ccc(-c2ncc(CC#N)n2-c2ccnc(N)n2)cc1C. The van der Waals surface area contributed by atoms with Crippen LogP contribution in [0.4, 0.5) is 5.95 Å². The molecule has 3 aromatic rings. The number of nitrogen functional groups attached to an aromatic ring is 1. The molecule has 6 nitrogen and oxygen atoms in total. The third-order valence-electron chi connectivity index (χ3n) is 3.86. The lowest BCUT2D eigenvalue weighted by Gasteiger charge is -2.11. The highest BCUT2D eigenvalue weighted by atomic mass is 15.2. The van der Waals surface area contributed by atoms with Crippen LogP contribution in [0, 0.1) is 18.3 Å². The molecular formula is C19H18N6. The molecule has 0 aliphatic heterocycles. The summed E-state index contributed by atoms with van der Waals surface area (Å²) in [5.41, 5.74) is 9.74. The summed E-state index contributed by atoms with van der Waals surface area (Å²) in [6, 6.07) is 10.1. The van der Waals surface area contributed by atoms with Crippen LogP contribution in [0.15, 0.2) is 42.7 Å². The second-order valence-corrected chi connectivity index (χ2v) is 5.59. The highest BCUT2D eigenvalue weighted by molar-refractivity contribution is 5.65. The molecule has 0 spiro atoms. The molecule has 0 fully saturated rings. The Balaban J connectivity index is 2.17. The molecule has 0 atom stereocenters. The molecule has 0 unspecified atom stereocenters. The van der Waals surface area contributed by atoms with Crippen molar-refractivity contribution >= 4 is 12.0 Å². The zero-order valence-corrected chi connectivity index (χ0v) is 14.1. The predicted molar refractivity (Wildman–Crippen MR) is 97.8 cm³/mol. The zero-order valence-electron chi connectivity index (χ0n) is 14.1. The van der Waals surface area contributed by atoms with E-state index in [1.165, 1.54) is 0 Å². The first-order valence-corrected chi connectivity index (χ1v) is 7.90.